The third-order valence-corrected chi connectivity index (χ3v) is 4.41. The average Bonchev–Trinajstić information content (AvgIpc) is 2.77. The van der Waals surface area contributed by atoms with E-state index in [1.54, 1.807) is 32.0 Å². The Hall–Kier alpha value is -4.01. The maximum absolute atomic E-state index is 12.5. The van der Waals surface area contributed by atoms with Crippen molar-refractivity contribution in [1.29, 1.82) is 0 Å². The first kappa shape index (κ1) is 25.3. The predicted molar refractivity (Wildman–Crippen MR) is 125 cm³/mol. The van der Waals surface area contributed by atoms with Crippen LogP contribution >= 0.6 is 0 Å². The van der Waals surface area contributed by atoms with Crippen LogP contribution in [0.2, 0.25) is 0 Å². The minimum absolute atomic E-state index is 0.114. The molecule has 1 aromatic heterocycles. The number of allylic oxidation sites excluding steroid dienone is 1. The Balaban J connectivity index is 2.01. The summed E-state index contributed by atoms with van der Waals surface area (Å²) in [5.74, 6) is -1.64. The smallest absolute Gasteiger partial charge is 0.328 e. The van der Waals surface area contributed by atoms with Gasteiger partial charge in [-0.3, -0.25) is 14.6 Å². The maximum Gasteiger partial charge on any atom is 0.328 e. The first-order valence-electron chi connectivity index (χ1n) is 10.4. The highest BCUT2D eigenvalue weighted by Crippen LogP contribution is 2.08. The molecule has 2 aromatic rings. The van der Waals surface area contributed by atoms with Crippen molar-refractivity contribution in [2.24, 2.45) is 4.99 Å². The van der Waals surface area contributed by atoms with E-state index in [0.717, 1.165) is 17.5 Å². The highest BCUT2D eigenvalue weighted by Gasteiger charge is 2.22. The number of ether oxygens (including phenoxy) is 1. The molecule has 0 unspecified atom stereocenters. The topological polar surface area (TPSA) is 130 Å². The number of amides is 2. The van der Waals surface area contributed by atoms with Gasteiger partial charge >= 0.3 is 5.97 Å². The summed E-state index contributed by atoms with van der Waals surface area (Å²) in [5, 5.41) is 15.0. The van der Waals surface area contributed by atoms with Crippen LogP contribution in [-0.4, -0.2) is 53.3 Å². The quantitative estimate of drug-likeness (QED) is 0.220. The zero-order chi connectivity index (χ0) is 24.2. The van der Waals surface area contributed by atoms with Gasteiger partial charge < -0.3 is 20.5 Å². The number of anilines is 1. The van der Waals surface area contributed by atoms with Gasteiger partial charge in [-0.2, -0.15) is 0 Å². The van der Waals surface area contributed by atoms with Crippen LogP contribution in [0.5, 0.6) is 0 Å². The van der Waals surface area contributed by atoms with Crippen molar-refractivity contribution in [2.45, 2.75) is 33.2 Å². The van der Waals surface area contributed by atoms with Gasteiger partial charge in [0.1, 0.15) is 24.2 Å². The highest BCUT2D eigenvalue weighted by atomic mass is 16.5. The molecule has 0 fully saturated rings. The van der Waals surface area contributed by atoms with Crippen molar-refractivity contribution in [3.8, 4) is 0 Å². The van der Waals surface area contributed by atoms with Crippen LogP contribution in [0.1, 0.15) is 25.1 Å². The molecule has 0 saturated heterocycles. The van der Waals surface area contributed by atoms with Crippen LogP contribution in [-0.2, 0) is 25.5 Å². The van der Waals surface area contributed by atoms with Gasteiger partial charge in [0.15, 0.2) is 0 Å². The van der Waals surface area contributed by atoms with Crippen LogP contribution in [0.15, 0.2) is 64.9 Å². The van der Waals surface area contributed by atoms with Crippen LogP contribution in [0, 0.1) is 6.92 Å². The number of aryl methyl sites for hydroxylation is 1. The van der Waals surface area contributed by atoms with Crippen molar-refractivity contribution in [3.63, 3.8) is 0 Å². The summed E-state index contributed by atoms with van der Waals surface area (Å²) in [5.41, 5.74) is 1.47. The molecule has 9 heteroatoms. The Morgan fingerprint density at radius 2 is 1.88 bits per heavy atom. The van der Waals surface area contributed by atoms with Crippen molar-refractivity contribution in [2.75, 3.05) is 18.5 Å². The summed E-state index contributed by atoms with van der Waals surface area (Å²) in [7, 11) is 0. The molecule has 0 spiro atoms. The maximum atomic E-state index is 12.5. The summed E-state index contributed by atoms with van der Waals surface area (Å²) in [6.45, 7) is 4.64. The minimum atomic E-state index is -0.875. The summed E-state index contributed by atoms with van der Waals surface area (Å²) < 4.78 is 5.06. The zero-order valence-electron chi connectivity index (χ0n) is 18.9. The van der Waals surface area contributed by atoms with Gasteiger partial charge in [-0.1, -0.05) is 36.4 Å². The number of aromatic nitrogens is 1. The summed E-state index contributed by atoms with van der Waals surface area (Å²) in [6.07, 6.45) is 1.37. The lowest BCUT2D eigenvalue weighted by molar-refractivity contribution is -0.147. The molecule has 0 aliphatic carbocycles. The van der Waals surface area contributed by atoms with Crippen LogP contribution < -0.4 is 10.6 Å². The average molecular weight is 453 g/mol. The lowest BCUT2D eigenvalue weighted by Crippen LogP contribution is -2.44. The Kier molecular flexibility index (Phi) is 9.76. The molecule has 3 N–H and O–H groups in total. The SMILES string of the molecule is CCOC(=O)[C@H](Cc1ccccc1)NC(=O)CN=C/C(C(=O)Nc1cccc(C)n1)=C(\C)O. The number of nitrogens with one attached hydrogen (secondary N) is 2. The van der Waals surface area contributed by atoms with E-state index in [1.807, 2.05) is 30.3 Å². The third-order valence-electron chi connectivity index (χ3n) is 4.41. The summed E-state index contributed by atoms with van der Waals surface area (Å²) >= 11 is 0. The van der Waals surface area contributed by atoms with E-state index < -0.39 is 23.8 Å². The van der Waals surface area contributed by atoms with Crippen molar-refractivity contribution < 1.29 is 24.2 Å². The number of carbonyl (C=O) groups excluding carboxylic acids is 3. The lowest BCUT2D eigenvalue weighted by atomic mass is 10.1. The van der Waals surface area contributed by atoms with Gasteiger partial charge in [0.05, 0.1) is 12.2 Å². The number of carbonyl (C=O) groups is 3. The van der Waals surface area contributed by atoms with Gasteiger partial charge in [-0.25, -0.2) is 9.78 Å². The Morgan fingerprint density at radius 3 is 2.52 bits per heavy atom. The molecule has 9 nitrogen and oxygen atoms in total. The monoisotopic (exact) mass is 452 g/mol. The van der Waals surface area contributed by atoms with E-state index in [2.05, 4.69) is 20.6 Å². The number of benzene rings is 1. The molecule has 33 heavy (non-hydrogen) atoms. The number of nitrogens with zero attached hydrogens (tertiary/aromatic N) is 2. The Bertz CT molecular complexity index is 1030. The van der Waals surface area contributed by atoms with Gasteiger partial charge in [0.25, 0.3) is 5.91 Å². The first-order valence-corrected chi connectivity index (χ1v) is 10.4. The van der Waals surface area contributed by atoms with E-state index in [9.17, 15) is 19.5 Å². The lowest BCUT2D eigenvalue weighted by Gasteiger charge is -2.17. The molecular weight excluding hydrogens is 424 g/mol. The second kappa shape index (κ2) is 12.7. The van der Waals surface area contributed by atoms with E-state index in [0.29, 0.717) is 5.82 Å². The number of hydrogen-bond donors (Lipinski definition) is 3. The van der Waals surface area contributed by atoms with Gasteiger partial charge in [-0.15, -0.1) is 0 Å². The minimum Gasteiger partial charge on any atom is -0.512 e. The van der Waals surface area contributed by atoms with Gasteiger partial charge in [0.2, 0.25) is 5.91 Å². The molecule has 0 radical (unpaired) electrons. The fourth-order valence-corrected chi connectivity index (χ4v) is 2.86. The molecule has 2 amide bonds. The molecular formula is C24H28N4O5. The van der Waals surface area contributed by atoms with E-state index in [-0.39, 0.29) is 30.9 Å². The number of rotatable bonds is 10. The summed E-state index contributed by atoms with van der Waals surface area (Å²) in [4.78, 5) is 45.2. The number of hydrogen-bond acceptors (Lipinski definition) is 7. The van der Waals surface area contributed by atoms with Crippen molar-refractivity contribution >= 4 is 29.8 Å². The van der Waals surface area contributed by atoms with Crippen LogP contribution in [0.3, 0.4) is 0 Å². The van der Waals surface area contributed by atoms with Crippen LogP contribution in [0.4, 0.5) is 5.82 Å². The standard InChI is InChI=1S/C24H28N4O5/c1-4-33-24(32)20(13-18-10-6-5-7-11-18)27-22(30)15-25-14-19(17(3)29)23(31)28-21-12-8-9-16(2)26-21/h5-12,14,20,29H,4,13,15H2,1-3H3,(H,27,30)(H,26,28,31)/b19-17-,25-14?/t20-/m0/s1. The van der Waals surface area contributed by atoms with Gasteiger partial charge in [-0.05, 0) is 38.5 Å². The normalized spacial score (nSPS) is 12.6. The Labute approximate surface area is 192 Å². The molecule has 0 aliphatic rings. The highest BCUT2D eigenvalue weighted by molar-refractivity contribution is 6.18. The number of aliphatic hydroxyl groups is 1. The fraction of sp³-hybridized carbons (Fsp3) is 0.292. The molecule has 2 rings (SSSR count). The van der Waals surface area contributed by atoms with E-state index >= 15 is 0 Å². The van der Waals surface area contributed by atoms with E-state index in [1.165, 1.54) is 6.92 Å². The molecule has 1 aromatic carbocycles. The van der Waals surface area contributed by atoms with Crippen molar-refractivity contribution in [3.05, 3.63) is 71.1 Å². The number of esters is 1. The number of aliphatic imine (C=N–C) groups is 1. The molecule has 1 atom stereocenters. The second-order valence-corrected chi connectivity index (χ2v) is 7.15. The van der Waals surface area contributed by atoms with Gasteiger partial charge in [0, 0.05) is 18.3 Å². The first-order chi connectivity index (χ1) is 15.8. The van der Waals surface area contributed by atoms with E-state index in [4.69, 9.17) is 4.74 Å². The Morgan fingerprint density at radius 1 is 1.15 bits per heavy atom. The molecule has 0 bridgehead atoms. The largest absolute Gasteiger partial charge is 0.512 e. The zero-order valence-corrected chi connectivity index (χ0v) is 18.9. The fourth-order valence-electron chi connectivity index (χ4n) is 2.86. The second-order valence-electron chi connectivity index (χ2n) is 7.15. The van der Waals surface area contributed by atoms with Crippen molar-refractivity contribution in [1.82, 2.24) is 10.3 Å². The molecule has 1 heterocycles. The molecule has 174 valence electrons. The summed E-state index contributed by atoms with van der Waals surface area (Å²) in [6, 6.07) is 13.5. The third kappa shape index (κ3) is 8.56. The number of pyridine rings is 1. The predicted octanol–water partition coefficient (Wildman–Crippen LogP) is 2.52. The molecule has 0 aliphatic heterocycles. The molecule has 0 saturated carbocycles. The van der Waals surface area contributed by atoms with Crippen LogP contribution in [0.25, 0.3) is 0 Å². The number of aliphatic hydroxyl groups excluding tert-OH is 1.